The number of carbonyl (C=O) groups excluding carboxylic acids is 1. The highest BCUT2D eigenvalue weighted by Gasteiger charge is 2.29. The Labute approximate surface area is 217 Å². The second kappa shape index (κ2) is 13.0. The third kappa shape index (κ3) is 11.4. The van der Waals surface area contributed by atoms with Gasteiger partial charge in [0.05, 0.1) is 12.5 Å². The Bertz CT molecular complexity index is 1210. The summed E-state index contributed by atoms with van der Waals surface area (Å²) in [5.41, 5.74) is 3.64. The topological polar surface area (TPSA) is 144 Å². The Kier molecular flexibility index (Phi) is 10.9. The largest absolute Gasteiger partial charge is 0.326 e. The van der Waals surface area contributed by atoms with Crippen LogP contribution in [-0.4, -0.2) is 87.4 Å². The SMILES string of the molecule is CC(=O)Nc1ccc2c(c1)CC(N1CCN(C)CC1)c1ccccc1S2.CS(=O)(=O)O.CS(=O)(=O)O. The number of amides is 1. The smallest absolute Gasteiger partial charge is 0.261 e. The minimum atomic E-state index is -3.67. The van der Waals surface area contributed by atoms with Crippen molar-refractivity contribution in [3.63, 3.8) is 0 Å². The second-order valence-corrected chi connectivity index (χ2v) is 12.7. The maximum Gasteiger partial charge on any atom is 0.261 e. The van der Waals surface area contributed by atoms with Crippen molar-refractivity contribution in [1.29, 1.82) is 0 Å². The van der Waals surface area contributed by atoms with Crippen LogP contribution in [0, 0.1) is 0 Å². The molecule has 200 valence electrons. The molecule has 0 aromatic heterocycles. The predicted molar refractivity (Wildman–Crippen MR) is 142 cm³/mol. The molecule has 0 spiro atoms. The van der Waals surface area contributed by atoms with Crippen molar-refractivity contribution < 1.29 is 30.7 Å². The fraction of sp³-hybridized carbons (Fsp3) is 0.435. The summed E-state index contributed by atoms with van der Waals surface area (Å²) in [4.78, 5) is 19.1. The molecule has 10 nitrogen and oxygen atoms in total. The van der Waals surface area contributed by atoms with E-state index in [1.54, 1.807) is 6.92 Å². The Morgan fingerprint density at radius 1 is 0.944 bits per heavy atom. The third-order valence-corrected chi connectivity index (χ3v) is 6.48. The van der Waals surface area contributed by atoms with Gasteiger partial charge in [0.1, 0.15) is 0 Å². The maximum atomic E-state index is 11.4. The molecule has 3 N–H and O–H groups in total. The Morgan fingerprint density at radius 3 is 2.06 bits per heavy atom. The Morgan fingerprint density at radius 2 is 1.50 bits per heavy atom. The van der Waals surface area contributed by atoms with Gasteiger partial charge in [-0.3, -0.25) is 18.8 Å². The first-order valence-corrected chi connectivity index (χ1v) is 15.6. The molecule has 36 heavy (non-hydrogen) atoms. The Hall–Kier alpha value is -2.00. The van der Waals surface area contributed by atoms with Crippen molar-refractivity contribution in [2.24, 2.45) is 0 Å². The van der Waals surface area contributed by atoms with Gasteiger partial charge in [0.15, 0.2) is 0 Å². The average Bonchev–Trinajstić information content (AvgIpc) is 2.88. The van der Waals surface area contributed by atoms with Gasteiger partial charge in [-0.15, -0.1) is 0 Å². The van der Waals surface area contributed by atoms with Gasteiger partial charge >= 0.3 is 0 Å². The summed E-state index contributed by atoms with van der Waals surface area (Å²) in [6.07, 6.45) is 2.41. The van der Waals surface area contributed by atoms with Gasteiger partial charge in [0.25, 0.3) is 20.2 Å². The number of hydrogen-bond acceptors (Lipinski definition) is 8. The number of carbonyl (C=O) groups is 1. The van der Waals surface area contributed by atoms with E-state index in [0.717, 1.165) is 38.3 Å². The number of nitrogens with zero attached hydrogens (tertiary/aromatic N) is 2. The summed E-state index contributed by atoms with van der Waals surface area (Å²) in [6, 6.07) is 15.5. The summed E-state index contributed by atoms with van der Waals surface area (Å²) >= 11 is 1.85. The van der Waals surface area contributed by atoms with Crippen LogP contribution in [-0.2, 0) is 31.5 Å². The van der Waals surface area contributed by atoms with E-state index in [1.165, 1.54) is 20.9 Å². The van der Waals surface area contributed by atoms with Gasteiger partial charge < -0.3 is 10.2 Å². The molecule has 1 amide bonds. The van der Waals surface area contributed by atoms with Crippen molar-refractivity contribution in [1.82, 2.24) is 9.80 Å². The van der Waals surface area contributed by atoms with Crippen LogP contribution in [0.3, 0.4) is 0 Å². The zero-order valence-electron chi connectivity index (χ0n) is 20.7. The minimum Gasteiger partial charge on any atom is -0.326 e. The van der Waals surface area contributed by atoms with Crippen LogP contribution in [0.15, 0.2) is 52.3 Å². The molecule has 1 fully saturated rings. The van der Waals surface area contributed by atoms with Crippen LogP contribution < -0.4 is 5.32 Å². The maximum absolute atomic E-state index is 11.4. The Balaban J connectivity index is 0.000000389. The highest BCUT2D eigenvalue weighted by atomic mass is 32.2. The van der Waals surface area contributed by atoms with E-state index in [0.29, 0.717) is 18.6 Å². The van der Waals surface area contributed by atoms with Crippen LogP contribution in [0.5, 0.6) is 0 Å². The molecule has 1 unspecified atom stereocenters. The lowest BCUT2D eigenvalue weighted by Gasteiger charge is -2.38. The third-order valence-electron chi connectivity index (χ3n) is 5.27. The molecule has 2 heterocycles. The van der Waals surface area contributed by atoms with Crippen molar-refractivity contribution in [3.8, 4) is 0 Å². The molecule has 0 bridgehead atoms. The molecular weight excluding hydrogens is 526 g/mol. The van der Waals surface area contributed by atoms with Crippen LogP contribution >= 0.6 is 11.8 Å². The molecule has 2 aliphatic heterocycles. The fourth-order valence-corrected chi connectivity index (χ4v) is 4.98. The van der Waals surface area contributed by atoms with E-state index in [2.05, 4.69) is 58.6 Å². The standard InChI is InChI=1S/C21H25N3OS.2CH4O3S/c1-15(25)22-17-7-8-20-16(13-17)14-19(24-11-9-23(2)10-12-24)18-5-3-4-6-21(18)26-20;2*1-5(2,3)4/h3-8,13,19H,9-12,14H2,1-2H3,(H,22,25);2*1H3,(H,2,3,4). The summed E-state index contributed by atoms with van der Waals surface area (Å²) in [6.45, 7) is 5.99. The first-order valence-electron chi connectivity index (χ1n) is 11.0. The number of likely N-dealkylation sites (N-methyl/N-ethyl adjacent to an activating group) is 1. The van der Waals surface area contributed by atoms with Crippen molar-refractivity contribution in [3.05, 3.63) is 53.6 Å². The minimum absolute atomic E-state index is 0.0230. The van der Waals surface area contributed by atoms with Crippen molar-refractivity contribution in [2.75, 3.05) is 51.1 Å². The number of fused-ring (bicyclic) bond motifs is 2. The van der Waals surface area contributed by atoms with Crippen LogP contribution in [0.2, 0.25) is 0 Å². The van der Waals surface area contributed by atoms with E-state index in [4.69, 9.17) is 9.11 Å². The molecule has 0 radical (unpaired) electrons. The van der Waals surface area contributed by atoms with Crippen LogP contribution in [0.4, 0.5) is 5.69 Å². The van der Waals surface area contributed by atoms with E-state index in [1.807, 2.05) is 17.8 Å². The predicted octanol–water partition coefficient (Wildman–Crippen LogP) is 2.65. The molecule has 4 rings (SSSR count). The summed E-state index contributed by atoms with van der Waals surface area (Å²) in [7, 11) is -5.14. The van der Waals surface area contributed by atoms with Gasteiger partial charge in [-0.2, -0.15) is 16.8 Å². The number of anilines is 1. The lowest BCUT2D eigenvalue weighted by Crippen LogP contribution is -2.46. The molecule has 2 aromatic carbocycles. The van der Waals surface area contributed by atoms with Gasteiger partial charge in [-0.25, -0.2) is 0 Å². The van der Waals surface area contributed by atoms with Crippen molar-refractivity contribution >= 4 is 43.6 Å². The highest BCUT2D eigenvalue weighted by Crippen LogP contribution is 2.43. The number of rotatable bonds is 2. The monoisotopic (exact) mass is 559 g/mol. The van der Waals surface area contributed by atoms with E-state index in [-0.39, 0.29) is 5.91 Å². The van der Waals surface area contributed by atoms with E-state index in [9.17, 15) is 21.6 Å². The zero-order chi connectivity index (χ0) is 27.1. The van der Waals surface area contributed by atoms with Gasteiger partial charge in [0.2, 0.25) is 5.91 Å². The number of nitrogens with one attached hydrogen (secondary N) is 1. The van der Waals surface area contributed by atoms with Crippen LogP contribution in [0.25, 0.3) is 0 Å². The first-order chi connectivity index (χ1) is 16.6. The normalized spacial score (nSPS) is 18.2. The van der Waals surface area contributed by atoms with Gasteiger partial charge in [0, 0.05) is 54.6 Å². The lowest BCUT2D eigenvalue weighted by molar-refractivity contribution is -0.114. The molecule has 2 aliphatic rings. The molecule has 1 saturated heterocycles. The van der Waals surface area contributed by atoms with Gasteiger partial charge in [-0.05, 0) is 48.9 Å². The molecule has 2 aromatic rings. The van der Waals surface area contributed by atoms with E-state index >= 15 is 0 Å². The zero-order valence-corrected chi connectivity index (χ0v) is 23.2. The first kappa shape index (κ1) is 30.2. The number of hydrogen-bond donors (Lipinski definition) is 3. The molecule has 13 heteroatoms. The average molecular weight is 560 g/mol. The van der Waals surface area contributed by atoms with E-state index < -0.39 is 20.2 Å². The number of piperazine rings is 1. The molecule has 0 aliphatic carbocycles. The molecule has 1 atom stereocenters. The molecule has 0 saturated carbocycles. The molecular formula is C23H33N3O7S3. The van der Waals surface area contributed by atoms with Gasteiger partial charge in [-0.1, -0.05) is 30.0 Å². The second-order valence-electron chi connectivity index (χ2n) is 8.67. The lowest BCUT2D eigenvalue weighted by atomic mass is 9.96. The summed E-state index contributed by atoms with van der Waals surface area (Å²) in [5.74, 6) is -0.0230. The number of benzene rings is 2. The highest BCUT2D eigenvalue weighted by molar-refractivity contribution is 7.99. The fourth-order valence-electron chi connectivity index (χ4n) is 3.86. The summed E-state index contributed by atoms with van der Waals surface area (Å²) in [5, 5.41) is 2.93. The summed E-state index contributed by atoms with van der Waals surface area (Å²) < 4.78 is 51.7. The van der Waals surface area contributed by atoms with Crippen molar-refractivity contribution in [2.45, 2.75) is 29.2 Å². The quantitative estimate of drug-likeness (QED) is 0.470. The van der Waals surface area contributed by atoms with Crippen LogP contribution in [0.1, 0.15) is 24.1 Å².